The summed E-state index contributed by atoms with van der Waals surface area (Å²) in [6.07, 6.45) is 2.14. The minimum Gasteiger partial charge on any atom is -0.325 e. The van der Waals surface area contributed by atoms with Crippen LogP contribution in [0.3, 0.4) is 0 Å². The first kappa shape index (κ1) is 20.7. The summed E-state index contributed by atoms with van der Waals surface area (Å²) in [6, 6.07) is 10.1. The van der Waals surface area contributed by atoms with E-state index in [1.807, 2.05) is 6.26 Å². The molecule has 0 aliphatic carbocycles. The molecule has 0 aliphatic heterocycles. The number of nitrogens with one attached hydrogen (secondary N) is 2. The highest BCUT2D eigenvalue weighted by atomic mass is 35.5. The Kier molecular flexibility index (Phi) is 7.45. The Labute approximate surface area is 161 Å². The highest BCUT2D eigenvalue weighted by Gasteiger charge is 2.25. The molecule has 0 spiro atoms. The van der Waals surface area contributed by atoms with E-state index in [1.54, 1.807) is 0 Å². The van der Waals surface area contributed by atoms with E-state index in [0.29, 0.717) is 10.8 Å². The molecule has 5 nitrogen and oxygen atoms in total. The average Bonchev–Trinajstić information content (AvgIpc) is 2.59. The fourth-order valence-corrected chi connectivity index (χ4v) is 3.97. The first-order valence-electron chi connectivity index (χ1n) is 7.65. The summed E-state index contributed by atoms with van der Waals surface area (Å²) in [6.45, 7) is 0. The summed E-state index contributed by atoms with van der Waals surface area (Å²) in [7, 11) is -3.90. The average molecular weight is 417 g/mol. The van der Waals surface area contributed by atoms with Crippen molar-refractivity contribution in [3.05, 3.63) is 59.4 Å². The van der Waals surface area contributed by atoms with Crippen LogP contribution >= 0.6 is 23.4 Å². The highest BCUT2D eigenvalue weighted by Crippen LogP contribution is 2.16. The quantitative estimate of drug-likeness (QED) is 0.690. The van der Waals surface area contributed by atoms with Gasteiger partial charge < -0.3 is 5.32 Å². The van der Waals surface area contributed by atoms with Crippen LogP contribution in [0, 0.1) is 5.82 Å². The lowest BCUT2D eigenvalue weighted by molar-refractivity contribution is -0.117. The van der Waals surface area contributed by atoms with Gasteiger partial charge in [0.25, 0.3) is 0 Å². The standard InChI is InChI=1S/C17H18ClFN2O3S2/c1-25-10-9-16(17(22)20-14-4-2-3-13(19)11-14)21-26(23,24)15-7-5-12(18)6-8-15/h2-8,11,16,21H,9-10H2,1H3,(H,20,22)/t16-/m1/s1. The first-order valence-corrected chi connectivity index (χ1v) is 10.9. The minimum absolute atomic E-state index is 0.00890. The summed E-state index contributed by atoms with van der Waals surface area (Å²) < 4.78 is 40.7. The van der Waals surface area contributed by atoms with Crippen LogP contribution < -0.4 is 10.0 Å². The Morgan fingerprint density at radius 3 is 2.54 bits per heavy atom. The number of carbonyl (C=O) groups is 1. The molecular weight excluding hydrogens is 399 g/mol. The SMILES string of the molecule is CSCC[C@@H](NS(=O)(=O)c1ccc(Cl)cc1)C(=O)Nc1cccc(F)c1. The predicted molar refractivity (Wildman–Crippen MR) is 104 cm³/mol. The van der Waals surface area contributed by atoms with Gasteiger partial charge in [0.2, 0.25) is 15.9 Å². The van der Waals surface area contributed by atoms with E-state index in [2.05, 4.69) is 10.0 Å². The molecule has 0 unspecified atom stereocenters. The molecule has 0 heterocycles. The Hall–Kier alpha value is -1.61. The van der Waals surface area contributed by atoms with Crippen LogP contribution in [-0.4, -0.2) is 32.4 Å². The number of anilines is 1. The first-order chi connectivity index (χ1) is 12.3. The number of carbonyl (C=O) groups excluding carboxylic acids is 1. The second kappa shape index (κ2) is 9.36. The van der Waals surface area contributed by atoms with Gasteiger partial charge in [-0.05, 0) is 60.9 Å². The number of halogens is 2. The second-order valence-corrected chi connectivity index (χ2v) is 8.54. The van der Waals surface area contributed by atoms with E-state index in [1.165, 1.54) is 54.2 Å². The molecular formula is C17H18ClFN2O3S2. The number of sulfonamides is 1. The number of benzene rings is 2. The van der Waals surface area contributed by atoms with Gasteiger partial charge in [0.1, 0.15) is 11.9 Å². The fraction of sp³-hybridized carbons (Fsp3) is 0.235. The summed E-state index contributed by atoms with van der Waals surface area (Å²) in [5.74, 6) is -0.475. The monoisotopic (exact) mass is 416 g/mol. The van der Waals surface area contributed by atoms with Crippen LogP contribution in [-0.2, 0) is 14.8 Å². The molecule has 2 aromatic rings. The summed E-state index contributed by atoms with van der Waals surface area (Å²) in [5, 5.41) is 2.95. The number of thioether (sulfide) groups is 1. The van der Waals surface area contributed by atoms with E-state index in [4.69, 9.17) is 11.6 Å². The van der Waals surface area contributed by atoms with Crippen molar-refractivity contribution in [2.24, 2.45) is 0 Å². The summed E-state index contributed by atoms with van der Waals surface area (Å²) in [5.41, 5.74) is 0.259. The normalized spacial score (nSPS) is 12.6. The Balaban J connectivity index is 2.17. The molecule has 0 radical (unpaired) electrons. The van der Waals surface area contributed by atoms with Crippen LogP contribution in [0.25, 0.3) is 0 Å². The zero-order valence-electron chi connectivity index (χ0n) is 13.9. The smallest absolute Gasteiger partial charge is 0.242 e. The molecule has 26 heavy (non-hydrogen) atoms. The molecule has 0 saturated carbocycles. The molecule has 0 aliphatic rings. The minimum atomic E-state index is -3.90. The Morgan fingerprint density at radius 1 is 1.23 bits per heavy atom. The lowest BCUT2D eigenvalue weighted by atomic mass is 10.2. The number of rotatable bonds is 8. The molecule has 0 saturated heterocycles. The van der Waals surface area contributed by atoms with Crippen molar-refractivity contribution in [3.63, 3.8) is 0 Å². The number of hydrogen-bond donors (Lipinski definition) is 2. The van der Waals surface area contributed by atoms with Gasteiger partial charge in [-0.25, -0.2) is 12.8 Å². The lowest BCUT2D eigenvalue weighted by Gasteiger charge is -2.18. The molecule has 9 heteroatoms. The third-order valence-corrected chi connectivity index (χ3v) is 5.82. The number of hydrogen-bond acceptors (Lipinski definition) is 4. The highest BCUT2D eigenvalue weighted by molar-refractivity contribution is 7.98. The van der Waals surface area contributed by atoms with E-state index < -0.39 is 27.8 Å². The van der Waals surface area contributed by atoms with Gasteiger partial charge in [0, 0.05) is 10.7 Å². The molecule has 1 amide bonds. The molecule has 1 atom stereocenters. The van der Waals surface area contributed by atoms with Crippen molar-refractivity contribution in [2.75, 3.05) is 17.3 Å². The molecule has 0 aromatic heterocycles. The molecule has 2 N–H and O–H groups in total. The van der Waals surface area contributed by atoms with E-state index in [0.717, 1.165) is 6.07 Å². The van der Waals surface area contributed by atoms with Crippen molar-refractivity contribution in [1.29, 1.82) is 0 Å². The summed E-state index contributed by atoms with van der Waals surface area (Å²) >= 11 is 7.26. The zero-order chi connectivity index (χ0) is 19.2. The number of amides is 1. The molecule has 2 rings (SSSR count). The van der Waals surface area contributed by atoms with E-state index in [-0.39, 0.29) is 17.0 Å². The van der Waals surface area contributed by atoms with Gasteiger partial charge in [-0.15, -0.1) is 0 Å². The van der Waals surface area contributed by atoms with Gasteiger partial charge >= 0.3 is 0 Å². The largest absolute Gasteiger partial charge is 0.325 e. The van der Waals surface area contributed by atoms with Crippen LogP contribution in [0.15, 0.2) is 53.4 Å². The molecule has 0 fully saturated rings. The molecule has 0 bridgehead atoms. The van der Waals surface area contributed by atoms with Crippen molar-refractivity contribution in [3.8, 4) is 0 Å². The Morgan fingerprint density at radius 2 is 1.92 bits per heavy atom. The third-order valence-electron chi connectivity index (χ3n) is 3.44. The van der Waals surface area contributed by atoms with Crippen molar-refractivity contribution < 1.29 is 17.6 Å². The van der Waals surface area contributed by atoms with Gasteiger partial charge in [-0.1, -0.05) is 17.7 Å². The van der Waals surface area contributed by atoms with Crippen molar-refractivity contribution in [2.45, 2.75) is 17.4 Å². The van der Waals surface area contributed by atoms with Gasteiger partial charge in [0.05, 0.1) is 4.90 Å². The van der Waals surface area contributed by atoms with Crippen LogP contribution in [0.5, 0.6) is 0 Å². The molecule has 140 valence electrons. The zero-order valence-corrected chi connectivity index (χ0v) is 16.3. The Bertz CT molecular complexity index is 861. The molecule has 2 aromatic carbocycles. The maximum Gasteiger partial charge on any atom is 0.242 e. The van der Waals surface area contributed by atoms with Crippen molar-refractivity contribution >= 4 is 45.0 Å². The van der Waals surface area contributed by atoms with E-state index >= 15 is 0 Å². The van der Waals surface area contributed by atoms with Crippen LogP contribution in [0.4, 0.5) is 10.1 Å². The summed E-state index contributed by atoms with van der Waals surface area (Å²) in [4.78, 5) is 12.5. The van der Waals surface area contributed by atoms with E-state index in [9.17, 15) is 17.6 Å². The second-order valence-electron chi connectivity index (χ2n) is 5.41. The van der Waals surface area contributed by atoms with Gasteiger partial charge in [0.15, 0.2) is 0 Å². The van der Waals surface area contributed by atoms with Crippen LogP contribution in [0.1, 0.15) is 6.42 Å². The van der Waals surface area contributed by atoms with Crippen LogP contribution in [0.2, 0.25) is 5.02 Å². The van der Waals surface area contributed by atoms with Gasteiger partial charge in [-0.2, -0.15) is 16.5 Å². The third kappa shape index (κ3) is 5.98. The maximum atomic E-state index is 13.3. The van der Waals surface area contributed by atoms with Gasteiger partial charge in [-0.3, -0.25) is 4.79 Å². The lowest BCUT2D eigenvalue weighted by Crippen LogP contribution is -2.44. The fourth-order valence-electron chi connectivity index (χ4n) is 2.14. The van der Waals surface area contributed by atoms with Crippen molar-refractivity contribution in [1.82, 2.24) is 4.72 Å². The topological polar surface area (TPSA) is 75.3 Å². The predicted octanol–water partition coefficient (Wildman–Crippen LogP) is 3.52. The maximum absolute atomic E-state index is 13.3.